The Morgan fingerprint density at radius 1 is 0.917 bits per heavy atom. The first-order chi connectivity index (χ1) is 17.4. The number of amides is 3. The second-order valence-corrected chi connectivity index (χ2v) is 9.10. The SMILES string of the molecule is Cc1ccc(NC(=O)Nc2ccc(Cl)cc2Cl)cc1Nc1ccc2c(c1)NC(=O)/C2=C/c1ccc[nH]1. The zero-order valence-corrected chi connectivity index (χ0v) is 20.6. The molecular formula is C27H21Cl2N5O2. The molecule has 0 aliphatic carbocycles. The summed E-state index contributed by atoms with van der Waals surface area (Å²) in [5, 5.41) is 12.7. The molecule has 36 heavy (non-hydrogen) atoms. The van der Waals surface area contributed by atoms with E-state index in [2.05, 4.69) is 26.3 Å². The average Bonchev–Trinajstić information content (AvgIpc) is 3.46. The number of aromatic amines is 1. The van der Waals surface area contributed by atoms with Gasteiger partial charge in [-0.15, -0.1) is 0 Å². The topological polar surface area (TPSA) is 98.0 Å². The van der Waals surface area contributed by atoms with Gasteiger partial charge in [-0.25, -0.2) is 4.79 Å². The summed E-state index contributed by atoms with van der Waals surface area (Å²) in [6.45, 7) is 1.96. The lowest BCUT2D eigenvalue weighted by Crippen LogP contribution is -2.19. The molecule has 3 aromatic carbocycles. The first kappa shape index (κ1) is 23.5. The largest absolute Gasteiger partial charge is 0.362 e. The van der Waals surface area contributed by atoms with Crippen molar-refractivity contribution in [1.82, 2.24) is 4.98 Å². The van der Waals surface area contributed by atoms with Crippen LogP contribution in [-0.4, -0.2) is 16.9 Å². The number of H-pyrrole nitrogens is 1. The molecule has 3 amide bonds. The van der Waals surface area contributed by atoms with Crippen molar-refractivity contribution in [1.29, 1.82) is 0 Å². The Morgan fingerprint density at radius 3 is 2.53 bits per heavy atom. The van der Waals surface area contributed by atoms with Gasteiger partial charge < -0.3 is 26.3 Å². The summed E-state index contributed by atoms with van der Waals surface area (Å²) in [4.78, 5) is 28.1. The second-order valence-electron chi connectivity index (χ2n) is 8.26. The molecule has 1 aliphatic heterocycles. The van der Waals surface area contributed by atoms with Crippen LogP contribution in [0.1, 0.15) is 16.8 Å². The van der Waals surface area contributed by atoms with Crippen LogP contribution in [-0.2, 0) is 4.79 Å². The molecule has 9 heteroatoms. The summed E-state index contributed by atoms with van der Waals surface area (Å²) < 4.78 is 0. The highest BCUT2D eigenvalue weighted by molar-refractivity contribution is 6.37. The highest BCUT2D eigenvalue weighted by Crippen LogP contribution is 2.36. The number of aromatic nitrogens is 1. The smallest absolute Gasteiger partial charge is 0.323 e. The van der Waals surface area contributed by atoms with Crippen molar-refractivity contribution in [3.63, 3.8) is 0 Å². The van der Waals surface area contributed by atoms with Gasteiger partial charge in [0.15, 0.2) is 0 Å². The first-order valence-corrected chi connectivity index (χ1v) is 11.8. The van der Waals surface area contributed by atoms with Crippen LogP contribution < -0.4 is 21.3 Å². The maximum absolute atomic E-state index is 12.5. The summed E-state index contributed by atoms with van der Waals surface area (Å²) >= 11 is 12.0. The van der Waals surface area contributed by atoms with Gasteiger partial charge in [-0.3, -0.25) is 4.79 Å². The van der Waals surface area contributed by atoms with Crippen LogP contribution in [0.25, 0.3) is 11.6 Å². The van der Waals surface area contributed by atoms with Crippen LogP contribution in [0.15, 0.2) is 72.9 Å². The number of hydrogen-bond donors (Lipinski definition) is 5. The number of urea groups is 1. The van der Waals surface area contributed by atoms with E-state index in [1.165, 1.54) is 0 Å². The van der Waals surface area contributed by atoms with Gasteiger partial charge in [-0.2, -0.15) is 0 Å². The fourth-order valence-electron chi connectivity index (χ4n) is 3.87. The third-order valence-corrected chi connectivity index (χ3v) is 6.23. The summed E-state index contributed by atoms with van der Waals surface area (Å²) in [5.41, 5.74) is 6.67. The zero-order chi connectivity index (χ0) is 25.2. The predicted molar refractivity (Wildman–Crippen MR) is 147 cm³/mol. The minimum Gasteiger partial charge on any atom is -0.362 e. The lowest BCUT2D eigenvalue weighted by molar-refractivity contribution is -0.110. The van der Waals surface area contributed by atoms with Crippen molar-refractivity contribution in [2.75, 3.05) is 21.3 Å². The number of nitrogens with one attached hydrogen (secondary N) is 5. The van der Waals surface area contributed by atoms with Crippen molar-refractivity contribution in [2.24, 2.45) is 0 Å². The Labute approximate surface area is 217 Å². The fraction of sp³-hybridized carbons (Fsp3) is 0.0370. The molecule has 0 spiro atoms. The normalized spacial score (nSPS) is 13.3. The van der Waals surface area contributed by atoms with E-state index in [0.717, 1.165) is 33.9 Å². The molecule has 0 saturated heterocycles. The highest BCUT2D eigenvalue weighted by Gasteiger charge is 2.24. The molecule has 0 unspecified atom stereocenters. The Hall–Kier alpha value is -4.20. The van der Waals surface area contributed by atoms with Crippen molar-refractivity contribution in [3.05, 3.63) is 99.8 Å². The maximum Gasteiger partial charge on any atom is 0.323 e. The van der Waals surface area contributed by atoms with Crippen molar-refractivity contribution < 1.29 is 9.59 Å². The quantitative estimate of drug-likeness (QED) is 0.177. The minimum atomic E-state index is -0.435. The molecule has 1 aliphatic rings. The van der Waals surface area contributed by atoms with E-state index in [4.69, 9.17) is 23.2 Å². The van der Waals surface area contributed by atoms with Crippen molar-refractivity contribution >= 4 is 75.2 Å². The predicted octanol–water partition coefficient (Wildman–Crippen LogP) is 7.51. The third kappa shape index (κ3) is 5.07. The first-order valence-electron chi connectivity index (χ1n) is 11.1. The number of hydrogen-bond acceptors (Lipinski definition) is 3. The lowest BCUT2D eigenvalue weighted by Gasteiger charge is -2.14. The second kappa shape index (κ2) is 9.81. The van der Waals surface area contributed by atoms with E-state index >= 15 is 0 Å². The van der Waals surface area contributed by atoms with E-state index in [9.17, 15) is 9.59 Å². The molecule has 0 bridgehead atoms. The molecular weight excluding hydrogens is 497 g/mol. The molecule has 0 saturated carbocycles. The van der Waals surface area contributed by atoms with Crippen LogP contribution in [0, 0.1) is 6.92 Å². The standard InChI is InChI=1S/C27H21Cl2N5O2/c1-15-4-6-19(32-27(36)34-23-9-5-16(28)11-22(23)29)13-24(15)31-18-7-8-20-21(12-17-3-2-10-30-17)26(35)33-25(20)14-18/h2-14,30-31H,1H3,(H,33,35)(H2,32,34,36)/b21-12+. The number of benzene rings is 3. The summed E-state index contributed by atoms with van der Waals surface area (Å²) in [7, 11) is 0. The average molecular weight is 518 g/mol. The summed E-state index contributed by atoms with van der Waals surface area (Å²) in [6.07, 6.45) is 3.64. The van der Waals surface area contributed by atoms with Gasteiger partial charge in [0.05, 0.1) is 22.0 Å². The van der Waals surface area contributed by atoms with Crippen LogP contribution in [0.5, 0.6) is 0 Å². The van der Waals surface area contributed by atoms with E-state index in [0.29, 0.717) is 27.0 Å². The molecule has 0 radical (unpaired) electrons. The highest BCUT2D eigenvalue weighted by atomic mass is 35.5. The van der Waals surface area contributed by atoms with Gasteiger partial charge in [0.1, 0.15) is 0 Å². The number of carbonyl (C=O) groups excluding carboxylic acids is 2. The number of fused-ring (bicyclic) bond motifs is 1. The number of carbonyl (C=O) groups is 2. The zero-order valence-electron chi connectivity index (χ0n) is 19.1. The Kier molecular flexibility index (Phi) is 6.41. The number of rotatable bonds is 5. The fourth-order valence-corrected chi connectivity index (χ4v) is 4.33. The molecule has 5 N–H and O–H groups in total. The Morgan fingerprint density at radius 2 is 1.75 bits per heavy atom. The van der Waals surface area contributed by atoms with E-state index in [-0.39, 0.29) is 5.91 Å². The molecule has 4 aromatic rings. The molecule has 180 valence electrons. The Bertz CT molecular complexity index is 1510. The maximum atomic E-state index is 12.5. The third-order valence-electron chi connectivity index (χ3n) is 5.68. The van der Waals surface area contributed by atoms with E-state index < -0.39 is 6.03 Å². The van der Waals surface area contributed by atoms with Gasteiger partial charge in [0, 0.05) is 39.5 Å². The molecule has 2 heterocycles. The number of anilines is 5. The minimum absolute atomic E-state index is 0.147. The molecule has 7 nitrogen and oxygen atoms in total. The van der Waals surface area contributed by atoms with Crippen molar-refractivity contribution in [2.45, 2.75) is 6.92 Å². The van der Waals surface area contributed by atoms with Gasteiger partial charge in [-0.05, 0) is 73.2 Å². The van der Waals surface area contributed by atoms with E-state index in [1.54, 1.807) is 18.2 Å². The number of halogens is 2. The Balaban J connectivity index is 1.31. The van der Waals surface area contributed by atoms with Crippen LogP contribution in [0.4, 0.5) is 33.2 Å². The lowest BCUT2D eigenvalue weighted by atomic mass is 10.1. The summed E-state index contributed by atoms with van der Waals surface area (Å²) in [5.74, 6) is -0.147. The monoisotopic (exact) mass is 517 g/mol. The van der Waals surface area contributed by atoms with Gasteiger partial charge in [0.25, 0.3) is 5.91 Å². The van der Waals surface area contributed by atoms with Crippen LogP contribution in [0.3, 0.4) is 0 Å². The number of aryl methyl sites for hydroxylation is 1. The summed E-state index contributed by atoms with van der Waals surface area (Å²) in [6, 6.07) is 19.5. The molecule has 0 atom stereocenters. The molecule has 5 rings (SSSR count). The molecule has 0 fully saturated rings. The van der Waals surface area contributed by atoms with Gasteiger partial charge in [-0.1, -0.05) is 35.3 Å². The van der Waals surface area contributed by atoms with Crippen molar-refractivity contribution in [3.8, 4) is 0 Å². The van der Waals surface area contributed by atoms with Crippen LogP contribution in [0.2, 0.25) is 10.0 Å². The van der Waals surface area contributed by atoms with Crippen LogP contribution >= 0.6 is 23.2 Å². The van der Waals surface area contributed by atoms with Gasteiger partial charge in [0.2, 0.25) is 0 Å². The molecule has 1 aromatic heterocycles. The van der Waals surface area contributed by atoms with Gasteiger partial charge >= 0.3 is 6.03 Å². The van der Waals surface area contributed by atoms with E-state index in [1.807, 2.05) is 67.7 Å².